The number of rotatable bonds is 12. The number of halogens is 4. The highest BCUT2D eigenvalue weighted by atomic mass is 79.9. The van der Waals surface area contributed by atoms with Gasteiger partial charge in [-0.05, 0) is 47.5 Å². The monoisotopic (exact) mass is 762 g/mol. The van der Waals surface area contributed by atoms with Gasteiger partial charge in [-0.1, -0.05) is 68.3 Å². The molecule has 4 aromatic rings. The van der Waals surface area contributed by atoms with Crippen LogP contribution in [-0.4, -0.2) is 36.9 Å². The van der Waals surface area contributed by atoms with Gasteiger partial charge in [0.2, 0.25) is 0 Å². The van der Waals surface area contributed by atoms with Crippen molar-refractivity contribution in [1.82, 2.24) is 0 Å². The minimum Gasteiger partial charge on any atom is -0.496 e. The van der Waals surface area contributed by atoms with Crippen molar-refractivity contribution in [1.29, 1.82) is 0 Å². The topological polar surface area (TPSA) is 71.1 Å². The molecule has 236 valence electrons. The second kappa shape index (κ2) is 15.1. The summed E-state index contributed by atoms with van der Waals surface area (Å²) in [6.45, 7) is 0. The first-order valence-corrected chi connectivity index (χ1v) is 16.6. The maximum atomic E-state index is 14.8. The molecule has 4 aromatic carbocycles. The van der Waals surface area contributed by atoms with E-state index >= 15 is 0 Å². The number of benzene rings is 4. The molecule has 0 N–H and O–H groups in total. The lowest BCUT2D eigenvalue weighted by molar-refractivity contribution is 0.386. The summed E-state index contributed by atoms with van der Waals surface area (Å²) in [7, 11) is 1.41. The zero-order chi connectivity index (χ0) is 32.7. The van der Waals surface area contributed by atoms with E-state index in [4.69, 9.17) is 18.9 Å². The van der Waals surface area contributed by atoms with E-state index in [9.17, 15) is 17.2 Å². The molecular formula is C34H30Br2F2O6S. The predicted octanol–water partition coefficient (Wildman–Crippen LogP) is 9.15. The molecule has 0 amide bonds. The van der Waals surface area contributed by atoms with E-state index in [-0.39, 0.29) is 23.0 Å². The molecule has 4 rings (SSSR count). The molecular weight excluding hydrogens is 734 g/mol. The van der Waals surface area contributed by atoms with Gasteiger partial charge < -0.3 is 18.9 Å². The van der Waals surface area contributed by atoms with Crippen LogP contribution in [0.15, 0.2) is 93.9 Å². The van der Waals surface area contributed by atoms with Gasteiger partial charge in [0.1, 0.15) is 45.1 Å². The van der Waals surface area contributed by atoms with Gasteiger partial charge in [0.05, 0.1) is 39.6 Å². The molecule has 0 aliphatic carbocycles. The van der Waals surface area contributed by atoms with E-state index in [1.54, 1.807) is 60.7 Å². The summed E-state index contributed by atoms with van der Waals surface area (Å²) in [6.07, 6.45) is 6.15. The first-order valence-electron chi connectivity index (χ1n) is 13.5. The molecule has 0 heterocycles. The molecule has 0 aromatic heterocycles. The fourth-order valence-electron chi connectivity index (χ4n) is 4.79. The van der Waals surface area contributed by atoms with Crippen molar-refractivity contribution in [3.05, 3.63) is 128 Å². The summed E-state index contributed by atoms with van der Waals surface area (Å²) >= 11 is 6.84. The lowest BCUT2D eigenvalue weighted by atomic mass is 10.1. The van der Waals surface area contributed by atoms with Gasteiger partial charge in [-0.15, -0.1) is 0 Å². The van der Waals surface area contributed by atoms with Crippen molar-refractivity contribution >= 4 is 53.8 Å². The van der Waals surface area contributed by atoms with Crippen molar-refractivity contribution in [2.24, 2.45) is 0 Å². The summed E-state index contributed by atoms with van der Waals surface area (Å²) in [4.78, 5) is 0. The van der Waals surface area contributed by atoms with Gasteiger partial charge in [0.25, 0.3) is 0 Å². The third-order valence-electron chi connectivity index (χ3n) is 7.00. The molecule has 6 nitrogen and oxygen atoms in total. The standard InChI is InChI=1S/C34H30Br2F2O6S/c1-41-29-17-25(37)18-30(42-2)27(29)13-15-33(21-5-9-23(35)10-6-21)45(39,40)34(22-7-11-24(36)12-8-22)16-14-28-31(43-3)19-26(38)20-32(28)44-4/h5-20,33-34H,1-4H3. The average Bonchev–Trinajstić information content (AvgIpc) is 3.02. The van der Waals surface area contributed by atoms with E-state index in [0.29, 0.717) is 22.3 Å². The normalized spacial score (nSPS) is 13.2. The second-order valence-corrected chi connectivity index (χ2v) is 13.7. The summed E-state index contributed by atoms with van der Waals surface area (Å²) in [6, 6.07) is 18.6. The van der Waals surface area contributed by atoms with Crippen LogP contribution in [0.3, 0.4) is 0 Å². The fraction of sp³-hybridized carbons (Fsp3) is 0.176. The lowest BCUT2D eigenvalue weighted by Gasteiger charge is -2.22. The highest BCUT2D eigenvalue weighted by Gasteiger charge is 2.34. The van der Waals surface area contributed by atoms with Gasteiger partial charge in [-0.25, -0.2) is 17.2 Å². The minimum absolute atomic E-state index is 0.176. The summed E-state index contributed by atoms with van der Waals surface area (Å²) in [5.74, 6) is -0.426. The second-order valence-electron chi connectivity index (χ2n) is 9.70. The van der Waals surface area contributed by atoms with Crippen LogP contribution < -0.4 is 18.9 Å². The molecule has 0 aliphatic rings. The van der Waals surface area contributed by atoms with Crippen molar-refractivity contribution in [3.63, 3.8) is 0 Å². The lowest BCUT2D eigenvalue weighted by Crippen LogP contribution is -2.19. The minimum atomic E-state index is -4.15. The van der Waals surface area contributed by atoms with Crippen LogP contribution >= 0.6 is 31.9 Å². The first-order chi connectivity index (χ1) is 21.5. The maximum Gasteiger partial charge on any atom is 0.171 e. The fourth-order valence-corrected chi connectivity index (χ4v) is 7.31. The number of ether oxygens (including phenoxy) is 4. The van der Waals surface area contributed by atoms with Crippen molar-refractivity contribution < 1.29 is 36.1 Å². The van der Waals surface area contributed by atoms with Crippen LogP contribution in [0, 0.1) is 11.6 Å². The Morgan fingerprint density at radius 2 is 0.867 bits per heavy atom. The number of hydrogen-bond donors (Lipinski definition) is 0. The van der Waals surface area contributed by atoms with Crippen molar-refractivity contribution in [3.8, 4) is 23.0 Å². The van der Waals surface area contributed by atoms with Crippen LogP contribution in [0.4, 0.5) is 8.78 Å². The Bertz CT molecular complexity index is 1630. The SMILES string of the molecule is COc1cc(F)cc(OC)c1C=CC(c1ccc(Br)cc1)S(=O)(=O)C(C=Cc1c(OC)cc(F)cc1OC)c1ccc(Br)cc1. The smallest absolute Gasteiger partial charge is 0.171 e. The van der Waals surface area contributed by atoms with E-state index in [1.807, 2.05) is 0 Å². The molecule has 0 radical (unpaired) electrons. The molecule has 45 heavy (non-hydrogen) atoms. The van der Waals surface area contributed by atoms with Gasteiger partial charge in [-0.3, -0.25) is 0 Å². The van der Waals surface area contributed by atoms with E-state index < -0.39 is 32.0 Å². The highest BCUT2D eigenvalue weighted by molar-refractivity contribution is 9.10. The largest absolute Gasteiger partial charge is 0.496 e. The molecule has 0 saturated carbocycles. The Labute approximate surface area is 278 Å². The third-order valence-corrected chi connectivity index (χ3v) is 10.3. The molecule has 2 unspecified atom stereocenters. The Kier molecular flexibility index (Phi) is 11.5. The van der Waals surface area contributed by atoms with Crippen LogP contribution in [0.1, 0.15) is 32.8 Å². The maximum absolute atomic E-state index is 14.8. The number of methoxy groups -OCH3 is 4. The van der Waals surface area contributed by atoms with Gasteiger partial charge in [-0.2, -0.15) is 0 Å². The quantitative estimate of drug-likeness (QED) is 0.143. The third kappa shape index (κ3) is 7.95. The molecule has 2 atom stereocenters. The number of hydrogen-bond acceptors (Lipinski definition) is 6. The zero-order valence-electron chi connectivity index (χ0n) is 24.8. The van der Waals surface area contributed by atoms with Gasteiger partial charge >= 0.3 is 0 Å². The van der Waals surface area contributed by atoms with Crippen LogP contribution in [0.5, 0.6) is 23.0 Å². The van der Waals surface area contributed by atoms with E-state index in [1.165, 1.54) is 64.9 Å². The Morgan fingerprint density at radius 1 is 0.578 bits per heavy atom. The number of sulfone groups is 1. The van der Waals surface area contributed by atoms with E-state index in [0.717, 1.165) is 8.95 Å². The Morgan fingerprint density at radius 3 is 1.13 bits per heavy atom. The highest BCUT2D eigenvalue weighted by Crippen LogP contribution is 2.41. The summed E-state index contributed by atoms with van der Waals surface area (Å²) < 4.78 is 81.1. The molecule has 0 bridgehead atoms. The van der Waals surface area contributed by atoms with Crippen molar-refractivity contribution in [2.45, 2.75) is 10.5 Å². The summed E-state index contributed by atoms with van der Waals surface area (Å²) in [5.41, 5.74) is 1.72. The molecule has 0 aliphatic heterocycles. The van der Waals surface area contributed by atoms with E-state index in [2.05, 4.69) is 31.9 Å². The zero-order valence-corrected chi connectivity index (χ0v) is 28.8. The van der Waals surface area contributed by atoms with Crippen LogP contribution in [-0.2, 0) is 9.84 Å². The van der Waals surface area contributed by atoms with Gasteiger partial charge in [0.15, 0.2) is 9.84 Å². The van der Waals surface area contributed by atoms with Crippen LogP contribution in [0.25, 0.3) is 12.2 Å². The first kappa shape index (κ1) is 34.2. The Balaban J connectivity index is 1.93. The average molecular weight is 764 g/mol. The van der Waals surface area contributed by atoms with Crippen molar-refractivity contribution in [2.75, 3.05) is 28.4 Å². The molecule has 0 saturated heterocycles. The molecule has 0 spiro atoms. The van der Waals surface area contributed by atoms with Gasteiger partial charge in [0, 0.05) is 33.2 Å². The molecule has 0 fully saturated rings. The Hall–Kier alpha value is -3.67. The van der Waals surface area contributed by atoms with Crippen LogP contribution in [0.2, 0.25) is 0 Å². The predicted molar refractivity (Wildman–Crippen MR) is 180 cm³/mol. The molecule has 11 heteroatoms. The summed E-state index contributed by atoms with van der Waals surface area (Å²) in [5, 5.41) is -2.36.